The Hall–Kier alpha value is -1.14. The summed E-state index contributed by atoms with van der Waals surface area (Å²) < 4.78 is 40.8. The van der Waals surface area contributed by atoms with Gasteiger partial charge in [0, 0.05) is 11.7 Å². The highest BCUT2D eigenvalue weighted by Gasteiger charge is 2.27. The lowest BCUT2D eigenvalue weighted by atomic mass is 9.85. The number of hydrogen-bond acceptors (Lipinski definition) is 3. The van der Waals surface area contributed by atoms with Crippen molar-refractivity contribution in [3.8, 4) is 0 Å². The lowest BCUT2D eigenvalue weighted by Crippen LogP contribution is -2.38. The molecule has 0 radical (unpaired) electrons. The van der Waals surface area contributed by atoms with Gasteiger partial charge in [-0.1, -0.05) is 26.2 Å². The van der Waals surface area contributed by atoms with Gasteiger partial charge in [-0.15, -0.1) is 0 Å². The fraction of sp³-hybridized carbons (Fsp3) is 0.571. The maximum absolute atomic E-state index is 13.7. The standard InChI is InChI=1S/C14H21FN2O2S/c1-2-10-4-3-5-12(8-10)17-20(18,19)14-7-6-11(16)9-13(14)15/h6-7,9-10,12,17H,2-5,8,16H2,1H3. The van der Waals surface area contributed by atoms with Crippen LogP contribution in [0.3, 0.4) is 0 Å². The molecule has 20 heavy (non-hydrogen) atoms. The topological polar surface area (TPSA) is 72.2 Å². The number of nitrogen functional groups attached to an aromatic ring is 1. The zero-order valence-electron chi connectivity index (χ0n) is 11.6. The number of halogens is 1. The van der Waals surface area contributed by atoms with Gasteiger partial charge in [-0.2, -0.15) is 0 Å². The second kappa shape index (κ2) is 6.10. The molecule has 0 aromatic heterocycles. The fourth-order valence-electron chi connectivity index (χ4n) is 2.79. The van der Waals surface area contributed by atoms with E-state index in [1.165, 1.54) is 12.1 Å². The van der Waals surface area contributed by atoms with E-state index in [-0.39, 0.29) is 16.6 Å². The predicted octanol–water partition coefficient (Wildman–Crippen LogP) is 2.66. The first-order valence-corrected chi connectivity index (χ1v) is 8.48. The summed E-state index contributed by atoms with van der Waals surface area (Å²) in [5.41, 5.74) is 5.65. The van der Waals surface area contributed by atoms with Crippen LogP contribution in [0.15, 0.2) is 23.1 Å². The van der Waals surface area contributed by atoms with E-state index in [1.807, 2.05) is 0 Å². The molecule has 2 atom stereocenters. The van der Waals surface area contributed by atoms with Crippen molar-refractivity contribution in [1.82, 2.24) is 4.72 Å². The van der Waals surface area contributed by atoms with Crippen LogP contribution in [-0.2, 0) is 10.0 Å². The quantitative estimate of drug-likeness (QED) is 0.840. The van der Waals surface area contributed by atoms with Gasteiger partial charge >= 0.3 is 0 Å². The number of nitrogens with two attached hydrogens (primary N) is 1. The second-order valence-electron chi connectivity index (χ2n) is 5.45. The summed E-state index contributed by atoms with van der Waals surface area (Å²) in [6, 6.07) is 3.54. The van der Waals surface area contributed by atoms with Gasteiger partial charge in [0.2, 0.25) is 10.0 Å². The minimum Gasteiger partial charge on any atom is -0.399 e. The number of benzene rings is 1. The Kier molecular flexibility index (Phi) is 4.65. The fourth-order valence-corrected chi connectivity index (χ4v) is 4.13. The Morgan fingerprint density at radius 3 is 2.80 bits per heavy atom. The molecule has 4 nitrogen and oxygen atoms in total. The monoisotopic (exact) mass is 300 g/mol. The molecule has 0 amide bonds. The molecule has 6 heteroatoms. The molecule has 1 aliphatic carbocycles. The van der Waals surface area contributed by atoms with Crippen molar-refractivity contribution in [3.63, 3.8) is 0 Å². The molecule has 0 heterocycles. The molecule has 1 aromatic carbocycles. The van der Waals surface area contributed by atoms with Crippen LogP contribution < -0.4 is 10.5 Å². The normalized spacial score (nSPS) is 23.7. The van der Waals surface area contributed by atoms with Crippen molar-refractivity contribution >= 4 is 15.7 Å². The maximum Gasteiger partial charge on any atom is 0.243 e. The van der Waals surface area contributed by atoms with Crippen LogP contribution in [0, 0.1) is 11.7 Å². The van der Waals surface area contributed by atoms with Gasteiger partial charge in [0.05, 0.1) is 0 Å². The Morgan fingerprint density at radius 2 is 2.15 bits per heavy atom. The van der Waals surface area contributed by atoms with Crippen LogP contribution in [0.5, 0.6) is 0 Å². The van der Waals surface area contributed by atoms with Crippen LogP contribution in [0.2, 0.25) is 0 Å². The van der Waals surface area contributed by atoms with Crippen molar-refractivity contribution in [2.75, 3.05) is 5.73 Å². The largest absolute Gasteiger partial charge is 0.399 e. The lowest BCUT2D eigenvalue weighted by molar-refractivity contribution is 0.301. The second-order valence-corrected chi connectivity index (χ2v) is 7.13. The molecule has 1 saturated carbocycles. The van der Waals surface area contributed by atoms with Gasteiger partial charge < -0.3 is 5.73 Å². The molecule has 0 aliphatic heterocycles. The third-order valence-corrected chi connectivity index (χ3v) is 5.48. The van der Waals surface area contributed by atoms with E-state index in [0.29, 0.717) is 5.92 Å². The Morgan fingerprint density at radius 1 is 1.40 bits per heavy atom. The van der Waals surface area contributed by atoms with Gasteiger partial charge in [0.25, 0.3) is 0 Å². The summed E-state index contributed by atoms with van der Waals surface area (Å²) in [5.74, 6) is -0.256. The Labute approximate surface area is 119 Å². The molecule has 3 N–H and O–H groups in total. The summed E-state index contributed by atoms with van der Waals surface area (Å²) in [5, 5.41) is 0. The van der Waals surface area contributed by atoms with E-state index < -0.39 is 15.8 Å². The van der Waals surface area contributed by atoms with E-state index in [0.717, 1.165) is 38.2 Å². The van der Waals surface area contributed by atoms with Crippen LogP contribution in [-0.4, -0.2) is 14.5 Å². The van der Waals surface area contributed by atoms with Gasteiger partial charge in [0.1, 0.15) is 10.7 Å². The van der Waals surface area contributed by atoms with Gasteiger partial charge in [-0.05, 0) is 37.0 Å². The first kappa shape index (κ1) is 15.3. The van der Waals surface area contributed by atoms with E-state index in [9.17, 15) is 12.8 Å². The van der Waals surface area contributed by atoms with Crippen LogP contribution >= 0.6 is 0 Å². The summed E-state index contributed by atoms with van der Waals surface area (Å²) in [6.45, 7) is 2.11. The smallest absolute Gasteiger partial charge is 0.243 e. The molecular formula is C14H21FN2O2S. The first-order valence-electron chi connectivity index (χ1n) is 6.99. The highest BCUT2D eigenvalue weighted by atomic mass is 32.2. The zero-order chi connectivity index (χ0) is 14.8. The van der Waals surface area contributed by atoms with Crippen LogP contribution in [0.4, 0.5) is 10.1 Å². The number of hydrogen-bond donors (Lipinski definition) is 2. The molecule has 0 spiro atoms. The predicted molar refractivity (Wildman–Crippen MR) is 77.2 cm³/mol. The number of nitrogens with one attached hydrogen (secondary N) is 1. The van der Waals surface area contributed by atoms with E-state index in [4.69, 9.17) is 5.73 Å². The minimum atomic E-state index is -3.82. The molecule has 1 aliphatic rings. The average Bonchev–Trinajstić information content (AvgIpc) is 2.37. The van der Waals surface area contributed by atoms with Crippen LogP contribution in [0.1, 0.15) is 39.0 Å². The zero-order valence-corrected chi connectivity index (χ0v) is 12.4. The van der Waals surface area contributed by atoms with E-state index in [1.54, 1.807) is 0 Å². The van der Waals surface area contributed by atoms with Crippen molar-refractivity contribution in [1.29, 1.82) is 0 Å². The minimum absolute atomic E-state index is 0.101. The number of anilines is 1. The Balaban J connectivity index is 2.14. The molecule has 2 unspecified atom stereocenters. The van der Waals surface area contributed by atoms with Gasteiger partial charge in [-0.25, -0.2) is 17.5 Å². The van der Waals surface area contributed by atoms with Crippen molar-refractivity contribution < 1.29 is 12.8 Å². The molecule has 2 rings (SSSR count). The highest BCUT2D eigenvalue weighted by molar-refractivity contribution is 7.89. The SMILES string of the molecule is CCC1CCCC(NS(=O)(=O)c2ccc(N)cc2F)C1. The molecular weight excluding hydrogens is 279 g/mol. The van der Waals surface area contributed by atoms with Crippen LogP contribution in [0.25, 0.3) is 0 Å². The van der Waals surface area contributed by atoms with Crippen molar-refractivity contribution in [2.24, 2.45) is 5.92 Å². The number of rotatable bonds is 4. The third kappa shape index (κ3) is 3.49. The first-order chi connectivity index (χ1) is 9.42. The van der Waals surface area contributed by atoms with Crippen molar-refractivity contribution in [2.45, 2.75) is 50.0 Å². The third-order valence-electron chi connectivity index (χ3n) is 3.93. The van der Waals surface area contributed by atoms with E-state index in [2.05, 4.69) is 11.6 Å². The Bertz CT molecular complexity index is 575. The lowest BCUT2D eigenvalue weighted by Gasteiger charge is -2.28. The molecule has 112 valence electrons. The summed E-state index contributed by atoms with van der Waals surface area (Å²) in [6.07, 6.45) is 4.84. The molecule has 0 bridgehead atoms. The van der Waals surface area contributed by atoms with E-state index >= 15 is 0 Å². The number of sulfonamides is 1. The summed E-state index contributed by atoms with van der Waals surface area (Å²) in [4.78, 5) is -0.328. The molecule has 1 aromatic rings. The van der Waals surface area contributed by atoms with Crippen molar-refractivity contribution in [3.05, 3.63) is 24.0 Å². The van der Waals surface area contributed by atoms with Gasteiger partial charge in [0.15, 0.2) is 0 Å². The highest BCUT2D eigenvalue weighted by Crippen LogP contribution is 2.28. The average molecular weight is 300 g/mol. The molecule has 0 saturated heterocycles. The maximum atomic E-state index is 13.7. The molecule has 1 fully saturated rings. The van der Waals surface area contributed by atoms with Gasteiger partial charge in [-0.3, -0.25) is 0 Å². The summed E-state index contributed by atoms with van der Waals surface area (Å²) >= 11 is 0. The summed E-state index contributed by atoms with van der Waals surface area (Å²) in [7, 11) is -3.82.